The fourth-order valence-electron chi connectivity index (χ4n) is 4.75. The summed E-state index contributed by atoms with van der Waals surface area (Å²) in [6, 6.07) is 1.81. The second kappa shape index (κ2) is 9.95. The summed E-state index contributed by atoms with van der Waals surface area (Å²) < 4.78 is 68.8. The number of benzene rings is 1. The highest BCUT2D eigenvalue weighted by molar-refractivity contribution is 6.00. The Morgan fingerprint density at radius 3 is 2.26 bits per heavy atom. The maximum Gasteiger partial charge on any atom is 0.417 e. The van der Waals surface area contributed by atoms with E-state index < -0.39 is 58.2 Å². The summed E-state index contributed by atoms with van der Waals surface area (Å²) in [6.07, 6.45) is -1.22. The Balaban J connectivity index is 1.46. The molecule has 1 saturated heterocycles. The highest BCUT2D eigenvalue weighted by Crippen LogP contribution is 2.37. The third kappa shape index (κ3) is 5.21. The molecule has 0 radical (unpaired) electrons. The van der Waals surface area contributed by atoms with Gasteiger partial charge in [0.05, 0.1) is 22.7 Å². The smallest absolute Gasteiger partial charge is 0.347 e. The van der Waals surface area contributed by atoms with Crippen molar-refractivity contribution in [2.24, 2.45) is 0 Å². The van der Waals surface area contributed by atoms with Crippen molar-refractivity contribution in [3.8, 4) is 0 Å². The van der Waals surface area contributed by atoms with Crippen LogP contribution >= 0.6 is 0 Å². The van der Waals surface area contributed by atoms with Gasteiger partial charge in [0.2, 0.25) is 5.91 Å². The van der Waals surface area contributed by atoms with Gasteiger partial charge in [-0.05, 0) is 58.6 Å². The third-order valence-corrected chi connectivity index (χ3v) is 7.21. The quantitative estimate of drug-likeness (QED) is 0.529. The number of carbonyl (C=O) groups excluding carboxylic acids is 3. The van der Waals surface area contributed by atoms with Gasteiger partial charge in [0.1, 0.15) is 5.54 Å². The van der Waals surface area contributed by atoms with Crippen molar-refractivity contribution in [1.29, 1.82) is 0 Å². The minimum Gasteiger partial charge on any atom is -0.347 e. The lowest BCUT2D eigenvalue weighted by molar-refractivity contribution is -0.137. The molecule has 0 spiro atoms. The zero-order chi connectivity index (χ0) is 28.0. The normalized spacial score (nSPS) is 21.1. The highest BCUT2D eigenvalue weighted by Gasteiger charge is 2.51. The lowest BCUT2D eigenvalue weighted by atomic mass is 10.0. The number of hydrogen-bond donors (Lipinski definition) is 2. The van der Waals surface area contributed by atoms with Crippen LogP contribution in [0.3, 0.4) is 0 Å². The van der Waals surface area contributed by atoms with Crippen LogP contribution in [0.4, 0.5) is 22.0 Å². The van der Waals surface area contributed by atoms with Gasteiger partial charge in [-0.3, -0.25) is 19.4 Å². The van der Waals surface area contributed by atoms with E-state index in [1.54, 1.807) is 0 Å². The van der Waals surface area contributed by atoms with Crippen LogP contribution in [-0.2, 0) is 11.0 Å². The molecule has 3 atom stereocenters. The summed E-state index contributed by atoms with van der Waals surface area (Å²) in [5.74, 6) is -4.81. The fourth-order valence-corrected chi connectivity index (χ4v) is 4.75. The van der Waals surface area contributed by atoms with E-state index in [1.165, 1.54) is 24.0 Å². The van der Waals surface area contributed by atoms with E-state index in [4.69, 9.17) is 0 Å². The minimum absolute atomic E-state index is 0.102. The van der Waals surface area contributed by atoms with Crippen molar-refractivity contribution in [2.75, 3.05) is 0 Å². The summed E-state index contributed by atoms with van der Waals surface area (Å²) in [5, 5.41) is 4.96. The first-order valence-electron chi connectivity index (χ1n) is 12.2. The predicted molar refractivity (Wildman–Crippen MR) is 126 cm³/mol. The second-order valence-electron chi connectivity index (χ2n) is 10.0. The Morgan fingerprint density at radius 2 is 1.68 bits per heavy atom. The number of nitrogens with one attached hydrogen (secondary N) is 2. The highest BCUT2D eigenvalue weighted by atomic mass is 19.4. The number of aromatic nitrogens is 1. The lowest BCUT2D eigenvalue weighted by Crippen LogP contribution is -2.49. The summed E-state index contributed by atoms with van der Waals surface area (Å²) in [5.41, 5.74) is -3.47. The number of rotatable bonds is 6. The molecule has 2 aliphatic rings. The van der Waals surface area contributed by atoms with Gasteiger partial charge in [-0.25, -0.2) is 8.78 Å². The molecule has 7 nitrogen and oxygen atoms in total. The zero-order valence-corrected chi connectivity index (χ0v) is 21.0. The second-order valence-corrected chi connectivity index (χ2v) is 10.0. The van der Waals surface area contributed by atoms with Gasteiger partial charge >= 0.3 is 6.18 Å². The lowest BCUT2D eigenvalue weighted by Gasteiger charge is -2.27. The van der Waals surface area contributed by atoms with Crippen molar-refractivity contribution < 1.29 is 36.3 Å². The van der Waals surface area contributed by atoms with Crippen LogP contribution < -0.4 is 10.6 Å². The van der Waals surface area contributed by atoms with Crippen LogP contribution in [0.2, 0.25) is 0 Å². The molecular formula is C26H27F5N4O3. The Morgan fingerprint density at radius 1 is 1.05 bits per heavy atom. The Kier molecular flexibility index (Phi) is 7.19. The van der Waals surface area contributed by atoms with Gasteiger partial charge in [0, 0.05) is 30.0 Å². The first kappa shape index (κ1) is 27.5. The van der Waals surface area contributed by atoms with Crippen molar-refractivity contribution in [3.63, 3.8) is 0 Å². The van der Waals surface area contributed by atoms with E-state index in [9.17, 15) is 31.9 Å². The number of alkyl halides is 3. The van der Waals surface area contributed by atoms with Gasteiger partial charge in [0.15, 0.2) is 11.6 Å². The van der Waals surface area contributed by atoms with E-state index in [1.807, 2.05) is 13.8 Å². The van der Waals surface area contributed by atoms with Crippen molar-refractivity contribution in [3.05, 3.63) is 64.5 Å². The predicted octanol–water partition coefficient (Wildman–Crippen LogP) is 4.53. The number of nitrogens with zero attached hydrogens (tertiary/aromatic N) is 2. The number of hydrogen-bond acceptors (Lipinski definition) is 4. The van der Waals surface area contributed by atoms with Gasteiger partial charge in [-0.1, -0.05) is 6.07 Å². The average molecular weight is 539 g/mol. The van der Waals surface area contributed by atoms with Crippen LogP contribution in [-0.4, -0.2) is 45.2 Å². The first-order valence-corrected chi connectivity index (χ1v) is 12.2. The molecule has 2 aromatic rings. The van der Waals surface area contributed by atoms with Crippen LogP contribution in [0.5, 0.6) is 0 Å². The molecule has 1 aromatic heterocycles. The molecule has 2 unspecified atom stereocenters. The number of amides is 3. The summed E-state index contributed by atoms with van der Waals surface area (Å²) in [4.78, 5) is 43.3. The molecular weight excluding hydrogens is 511 g/mol. The summed E-state index contributed by atoms with van der Waals surface area (Å²) >= 11 is 0. The Labute approximate surface area is 215 Å². The molecule has 0 bridgehead atoms. The summed E-state index contributed by atoms with van der Waals surface area (Å²) in [7, 11) is 0. The van der Waals surface area contributed by atoms with Crippen molar-refractivity contribution >= 4 is 17.7 Å². The number of halogens is 5. The first-order chi connectivity index (χ1) is 17.7. The molecule has 2 N–H and O–H groups in total. The molecule has 1 aromatic carbocycles. The van der Waals surface area contributed by atoms with Gasteiger partial charge in [0.25, 0.3) is 11.8 Å². The van der Waals surface area contributed by atoms with Crippen LogP contribution in [0.1, 0.15) is 84.3 Å². The largest absolute Gasteiger partial charge is 0.417 e. The molecule has 4 rings (SSSR count). The van der Waals surface area contributed by atoms with E-state index in [-0.39, 0.29) is 36.1 Å². The topological polar surface area (TPSA) is 91.4 Å². The van der Waals surface area contributed by atoms with Gasteiger partial charge in [-0.2, -0.15) is 13.2 Å². The summed E-state index contributed by atoms with van der Waals surface area (Å²) in [6.45, 7) is 5.10. The van der Waals surface area contributed by atoms with Crippen LogP contribution in [0.25, 0.3) is 0 Å². The number of pyridine rings is 1. The molecule has 12 heteroatoms. The third-order valence-electron chi connectivity index (χ3n) is 7.21. The number of carbonyl (C=O) groups is 3. The van der Waals surface area contributed by atoms with E-state index >= 15 is 4.39 Å². The maximum absolute atomic E-state index is 15.0. The number of likely N-dealkylation sites (tertiary alicyclic amines) is 1. The molecule has 2 fully saturated rings. The maximum atomic E-state index is 15.0. The minimum atomic E-state index is -4.70. The van der Waals surface area contributed by atoms with Gasteiger partial charge in [-0.15, -0.1) is 0 Å². The van der Waals surface area contributed by atoms with E-state index in [0.29, 0.717) is 12.3 Å². The molecule has 3 amide bonds. The standard InChI is InChI=1S/C26H27F5N4O3/c1-13-4-5-14(2)35(13)23(37)19-7-6-18(20(27)21(19)28)15(3)33-24(38)25(8-9-25)34-22(36)16-10-17(12-32-11-16)26(29,30)31/h6-7,10-15H,4-5,8-9H2,1-3H3,(H,33,38)(H,34,36)/t13?,14?,15-/m1/s1. The molecule has 1 aliphatic heterocycles. The van der Waals surface area contributed by atoms with E-state index in [2.05, 4.69) is 15.6 Å². The monoisotopic (exact) mass is 538 g/mol. The average Bonchev–Trinajstić information content (AvgIpc) is 3.56. The molecule has 2 heterocycles. The molecule has 204 valence electrons. The molecule has 1 aliphatic carbocycles. The fraction of sp³-hybridized carbons (Fsp3) is 0.462. The molecule has 38 heavy (non-hydrogen) atoms. The van der Waals surface area contributed by atoms with Gasteiger partial charge < -0.3 is 15.5 Å². The Bertz CT molecular complexity index is 1270. The SMILES string of the molecule is CC1CCC(C)N1C(=O)c1ccc([C@@H](C)NC(=O)C2(NC(=O)c3cncc(C(F)(F)F)c3)CC2)c(F)c1F. The van der Waals surface area contributed by atoms with E-state index in [0.717, 1.165) is 19.0 Å². The Hall–Kier alpha value is -3.57. The zero-order valence-electron chi connectivity index (χ0n) is 21.0. The molecule has 1 saturated carbocycles. The van der Waals surface area contributed by atoms with Crippen LogP contribution in [0, 0.1) is 11.6 Å². The van der Waals surface area contributed by atoms with Crippen LogP contribution in [0.15, 0.2) is 30.6 Å². The van der Waals surface area contributed by atoms with Crippen molar-refractivity contribution in [2.45, 2.75) is 76.3 Å². The van der Waals surface area contributed by atoms with Crippen molar-refractivity contribution in [1.82, 2.24) is 20.5 Å².